The minimum Gasteiger partial charge on any atom is -0.503 e. The van der Waals surface area contributed by atoms with Crippen molar-refractivity contribution in [3.8, 4) is 5.75 Å². The molecular formula is C9H12NO2+. The van der Waals surface area contributed by atoms with Crippen LogP contribution in [0.5, 0.6) is 5.75 Å². The van der Waals surface area contributed by atoms with Crippen molar-refractivity contribution >= 4 is 6.29 Å². The van der Waals surface area contributed by atoms with Crippen LogP contribution in [0.3, 0.4) is 0 Å². The number of carbonyl (C=O) groups excluding carboxylic acids is 1. The Hall–Kier alpha value is -1.38. The molecule has 64 valence electrons. The van der Waals surface area contributed by atoms with Gasteiger partial charge in [0, 0.05) is 12.5 Å². The quantitative estimate of drug-likeness (QED) is 0.535. The van der Waals surface area contributed by atoms with Gasteiger partial charge in [0.05, 0.1) is 0 Å². The topological polar surface area (TPSA) is 41.2 Å². The first-order valence-corrected chi connectivity index (χ1v) is 3.95. The van der Waals surface area contributed by atoms with Crippen molar-refractivity contribution < 1.29 is 14.5 Å². The molecule has 1 heterocycles. The molecule has 0 unspecified atom stereocenters. The minimum atomic E-state index is 0.189. The van der Waals surface area contributed by atoms with Crippen LogP contribution in [0.2, 0.25) is 0 Å². The first-order chi connectivity index (χ1) is 5.77. The third-order valence-electron chi connectivity index (χ3n) is 1.63. The van der Waals surface area contributed by atoms with Gasteiger partial charge in [-0.1, -0.05) is 6.92 Å². The Morgan fingerprint density at radius 3 is 2.92 bits per heavy atom. The Labute approximate surface area is 71.3 Å². The van der Waals surface area contributed by atoms with E-state index in [1.807, 2.05) is 6.92 Å². The summed E-state index contributed by atoms with van der Waals surface area (Å²) in [6, 6.07) is 3.12. The lowest BCUT2D eigenvalue weighted by Gasteiger charge is -1.96. The van der Waals surface area contributed by atoms with Crippen molar-refractivity contribution in [2.75, 3.05) is 0 Å². The summed E-state index contributed by atoms with van der Waals surface area (Å²) in [6.07, 6.45) is 3.29. The van der Waals surface area contributed by atoms with Crippen molar-refractivity contribution in [2.24, 2.45) is 0 Å². The molecule has 0 amide bonds. The summed E-state index contributed by atoms with van der Waals surface area (Å²) in [4.78, 5) is 10.5. The monoisotopic (exact) mass is 166 g/mol. The molecule has 1 rings (SSSR count). The fourth-order valence-corrected chi connectivity index (χ4v) is 1.09. The first-order valence-electron chi connectivity index (χ1n) is 3.95. The van der Waals surface area contributed by atoms with Crippen molar-refractivity contribution in [2.45, 2.75) is 19.9 Å². The third kappa shape index (κ3) is 1.81. The van der Waals surface area contributed by atoms with E-state index in [0.29, 0.717) is 5.69 Å². The summed E-state index contributed by atoms with van der Waals surface area (Å²) in [6.45, 7) is 2.77. The maximum atomic E-state index is 10.5. The van der Waals surface area contributed by atoms with Crippen LogP contribution in [0.1, 0.15) is 23.8 Å². The second-order valence-corrected chi connectivity index (χ2v) is 2.62. The van der Waals surface area contributed by atoms with Crippen molar-refractivity contribution in [3.05, 3.63) is 24.0 Å². The van der Waals surface area contributed by atoms with E-state index in [9.17, 15) is 4.79 Å². The molecule has 12 heavy (non-hydrogen) atoms. The summed E-state index contributed by atoms with van der Waals surface area (Å²) in [5, 5.41) is 9.12. The summed E-state index contributed by atoms with van der Waals surface area (Å²) < 4.78 is 1.74. The highest BCUT2D eigenvalue weighted by molar-refractivity contribution is 5.69. The van der Waals surface area contributed by atoms with Gasteiger partial charge >= 0.3 is 0 Å². The SMILES string of the molecule is CCC[n+]1cc(O)ccc1C=O. The number of nitrogens with zero attached hydrogens (tertiary/aromatic N) is 1. The first kappa shape index (κ1) is 8.71. The van der Waals surface area contributed by atoms with Crippen LogP contribution in [-0.2, 0) is 6.54 Å². The Bertz CT molecular complexity index is 284. The van der Waals surface area contributed by atoms with Crippen LogP contribution >= 0.6 is 0 Å². The fraction of sp³-hybridized carbons (Fsp3) is 0.333. The van der Waals surface area contributed by atoms with E-state index < -0.39 is 0 Å². The largest absolute Gasteiger partial charge is 0.503 e. The highest BCUT2D eigenvalue weighted by atomic mass is 16.3. The lowest BCUT2D eigenvalue weighted by molar-refractivity contribution is -0.698. The normalized spacial score (nSPS) is 9.75. The zero-order chi connectivity index (χ0) is 8.97. The molecule has 0 spiro atoms. The Morgan fingerprint density at radius 2 is 2.33 bits per heavy atom. The van der Waals surface area contributed by atoms with Crippen molar-refractivity contribution in [1.82, 2.24) is 0 Å². The van der Waals surface area contributed by atoms with E-state index in [1.54, 1.807) is 16.8 Å². The van der Waals surface area contributed by atoms with Crippen LogP contribution in [0, 0.1) is 0 Å². The number of aldehydes is 1. The zero-order valence-electron chi connectivity index (χ0n) is 7.03. The molecule has 0 saturated carbocycles. The van der Waals surface area contributed by atoms with Crippen LogP contribution in [0.4, 0.5) is 0 Å². The molecule has 0 aromatic carbocycles. The highest BCUT2D eigenvalue weighted by Crippen LogP contribution is 2.03. The number of rotatable bonds is 3. The molecule has 1 aromatic heterocycles. The second kappa shape index (κ2) is 3.85. The third-order valence-corrected chi connectivity index (χ3v) is 1.63. The molecule has 3 nitrogen and oxygen atoms in total. The minimum absolute atomic E-state index is 0.189. The predicted molar refractivity (Wildman–Crippen MR) is 44.0 cm³/mol. The smallest absolute Gasteiger partial charge is 0.245 e. The molecule has 0 aliphatic heterocycles. The maximum absolute atomic E-state index is 10.5. The summed E-state index contributed by atoms with van der Waals surface area (Å²) in [5.41, 5.74) is 0.592. The second-order valence-electron chi connectivity index (χ2n) is 2.62. The molecule has 0 fully saturated rings. The molecule has 1 aromatic rings. The number of aryl methyl sites for hydroxylation is 1. The van der Waals surface area contributed by atoms with Gasteiger partial charge < -0.3 is 5.11 Å². The molecule has 0 radical (unpaired) electrons. The van der Waals surface area contributed by atoms with Crippen LogP contribution in [0.15, 0.2) is 18.3 Å². The summed E-state index contributed by atoms with van der Waals surface area (Å²) in [5.74, 6) is 0.189. The average molecular weight is 166 g/mol. The number of aromatic hydroxyl groups is 1. The molecule has 0 bridgehead atoms. The van der Waals surface area contributed by atoms with Crippen LogP contribution in [0.25, 0.3) is 0 Å². The molecule has 0 aliphatic carbocycles. The Kier molecular flexibility index (Phi) is 2.80. The number of pyridine rings is 1. The lowest BCUT2D eigenvalue weighted by Crippen LogP contribution is -2.37. The van der Waals surface area contributed by atoms with Crippen LogP contribution in [-0.4, -0.2) is 11.4 Å². The highest BCUT2D eigenvalue weighted by Gasteiger charge is 2.08. The van der Waals surface area contributed by atoms with E-state index in [0.717, 1.165) is 19.3 Å². The predicted octanol–water partition coefficient (Wildman–Crippen LogP) is 0.902. The van der Waals surface area contributed by atoms with Gasteiger partial charge in [0.15, 0.2) is 5.75 Å². The van der Waals surface area contributed by atoms with Gasteiger partial charge in [-0.15, -0.1) is 0 Å². The molecule has 0 saturated heterocycles. The van der Waals surface area contributed by atoms with Crippen molar-refractivity contribution in [3.63, 3.8) is 0 Å². The Balaban J connectivity index is 3.03. The van der Waals surface area contributed by atoms with Gasteiger partial charge in [-0.3, -0.25) is 4.79 Å². The van der Waals surface area contributed by atoms with Gasteiger partial charge in [-0.05, 0) is 6.07 Å². The van der Waals surface area contributed by atoms with Gasteiger partial charge in [-0.2, -0.15) is 4.57 Å². The summed E-state index contributed by atoms with van der Waals surface area (Å²) in [7, 11) is 0. The van der Waals surface area contributed by atoms with E-state index in [2.05, 4.69) is 0 Å². The van der Waals surface area contributed by atoms with E-state index in [1.165, 1.54) is 6.07 Å². The Morgan fingerprint density at radius 1 is 1.58 bits per heavy atom. The van der Waals surface area contributed by atoms with Crippen LogP contribution < -0.4 is 4.57 Å². The molecule has 0 atom stereocenters. The molecular weight excluding hydrogens is 154 g/mol. The summed E-state index contributed by atoms with van der Waals surface area (Å²) >= 11 is 0. The van der Waals surface area contributed by atoms with Gasteiger partial charge in [0.1, 0.15) is 6.54 Å². The van der Waals surface area contributed by atoms with Gasteiger partial charge in [0.25, 0.3) is 0 Å². The van der Waals surface area contributed by atoms with E-state index >= 15 is 0 Å². The van der Waals surface area contributed by atoms with E-state index in [4.69, 9.17) is 5.11 Å². The fourth-order valence-electron chi connectivity index (χ4n) is 1.09. The average Bonchev–Trinajstić information content (AvgIpc) is 2.05. The standard InChI is InChI=1S/C9H11NO2/c1-2-5-10-6-9(12)4-3-8(10)7-11/h3-4,6-7H,2,5H2,1H3/p+1. The number of hydrogen-bond donors (Lipinski definition) is 1. The van der Waals surface area contributed by atoms with E-state index in [-0.39, 0.29) is 5.75 Å². The number of aromatic nitrogens is 1. The lowest BCUT2D eigenvalue weighted by atomic mass is 10.3. The number of carbonyl (C=O) groups is 1. The van der Waals surface area contributed by atoms with Gasteiger partial charge in [-0.25, -0.2) is 0 Å². The van der Waals surface area contributed by atoms with Gasteiger partial charge in [0.2, 0.25) is 18.2 Å². The van der Waals surface area contributed by atoms with Crippen molar-refractivity contribution in [1.29, 1.82) is 0 Å². The molecule has 1 N–H and O–H groups in total. The number of hydrogen-bond acceptors (Lipinski definition) is 2. The maximum Gasteiger partial charge on any atom is 0.245 e. The molecule has 0 aliphatic rings. The zero-order valence-corrected chi connectivity index (χ0v) is 7.03. The molecule has 3 heteroatoms.